The molecule has 2 rings (SSSR count). The number of hydrogen-bond donors (Lipinski definition) is 2. The molecule has 0 radical (unpaired) electrons. The first-order valence-electron chi connectivity index (χ1n) is 7.96. The van der Waals surface area contributed by atoms with E-state index in [1.807, 2.05) is 20.8 Å². The van der Waals surface area contributed by atoms with Crippen molar-refractivity contribution in [2.45, 2.75) is 39.8 Å². The molecule has 24 heavy (non-hydrogen) atoms. The molecule has 8 heteroatoms. The van der Waals surface area contributed by atoms with Gasteiger partial charge in [0.2, 0.25) is 0 Å². The molecular weight excluding hydrogens is 313 g/mol. The predicted octanol–water partition coefficient (Wildman–Crippen LogP) is 3.11. The highest BCUT2D eigenvalue weighted by atomic mass is 19.1. The number of carbonyl (C=O) groups excluding carboxylic acids is 1. The lowest BCUT2D eigenvalue weighted by Gasteiger charge is -2.17. The van der Waals surface area contributed by atoms with Gasteiger partial charge in [0.1, 0.15) is 23.7 Å². The summed E-state index contributed by atoms with van der Waals surface area (Å²) < 4.78 is 20.9. The number of aromatic nitrogens is 3. The highest BCUT2D eigenvalue weighted by Gasteiger charge is 2.18. The van der Waals surface area contributed by atoms with Crippen LogP contribution in [0.2, 0.25) is 0 Å². The zero-order valence-electron chi connectivity index (χ0n) is 14.0. The molecule has 2 N–H and O–H groups in total. The Labute approximate surface area is 140 Å². The van der Waals surface area contributed by atoms with Gasteiger partial charge in [0.15, 0.2) is 0 Å². The van der Waals surface area contributed by atoms with Crippen molar-refractivity contribution in [3.8, 4) is 5.75 Å². The maximum atomic E-state index is 14.0. The van der Waals surface area contributed by atoms with Gasteiger partial charge in [-0.25, -0.2) is 18.9 Å². The number of urea groups is 1. The quantitative estimate of drug-likeness (QED) is 0.814. The van der Waals surface area contributed by atoms with Gasteiger partial charge >= 0.3 is 6.03 Å². The summed E-state index contributed by atoms with van der Waals surface area (Å²) in [6.45, 7) is 6.79. The SMILES string of the molecule is CCOc1ccc(NC(=O)N[C@H](CC)c2ncnn2CC)c(F)c1. The third-order valence-electron chi connectivity index (χ3n) is 3.47. The maximum Gasteiger partial charge on any atom is 0.319 e. The van der Waals surface area contributed by atoms with Gasteiger partial charge in [-0.15, -0.1) is 0 Å². The van der Waals surface area contributed by atoms with E-state index < -0.39 is 11.8 Å². The summed E-state index contributed by atoms with van der Waals surface area (Å²) in [5.41, 5.74) is 0.0859. The molecule has 7 nitrogen and oxygen atoms in total. The van der Waals surface area contributed by atoms with Gasteiger partial charge in [-0.1, -0.05) is 6.92 Å². The minimum Gasteiger partial charge on any atom is -0.494 e. The molecule has 0 saturated carbocycles. The average Bonchev–Trinajstić information content (AvgIpc) is 3.04. The normalized spacial score (nSPS) is 11.8. The number of nitrogens with one attached hydrogen (secondary N) is 2. The van der Waals surface area contributed by atoms with Gasteiger partial charge in [0.05, 0.1) is 18.3 Å². The third-order valence-corrected chi connectivity index (χ3v) is 3.47. The zero-order valence-corrected chi connectivity index (χ0v) is 14.0. The second kappa shape index (κ2) is 8.28. The Kier molecular flexibility index (Phi) is 6.11. The van der Waals surface area contributed by atoms with Gasteiger partial charge in [-0.2, -0.15) is 5.10 Å². The molecular formula is C16H22FN5O2. The number of anilines is 1. The van der Waals surface area contributed by atoms with Crippen molar-refractivity contribution in [1.82, 2.24) is 20.1 Å². The van der Waals surface area contributed by atoms with Crippen LogP contribution < -0.4 is 15.4 Å². The highest BCUT2D eigenvalue weighted by Crippen LogP contribution is 2.21. The first-order valence-corrected chi connectivity index (χ1v) is 7.96. The Bertz CT molecular complexity index is 689. The molecule has 0 spiro atoms. The summed E-state index contributed by atoms with van der Waals surface area (Å²) in [6, 6.07) is 3.50. The number of aryl methyl sites for hydroxylation is 1. The van der Waals surface area contributed by atoms with Gasteiger partial charge < -0.3 is 15.4 Å². The van der Waals surface area contributed by atoms with E-state index in [0.29, 0.717) is 31.1 Å². The second-order valence-electron chi connectivity index (χ2n) is 5.07. The summed E-state index contributed by atoms with van der Waals surface area (Å²) >= 11 is 0. The average molecular weight is 335 g/mol. The van der Waals surface area contributed by atoms with E-state index in [-0.39, 0.29) is 11.7 Å². The molecule has 1 atom stereocenters. The number of ether oxygens (including phenoxy) is 1. The molecule has 0 unspecified atom stereocenters. The van der Waals surface area contributed by atoms with Crippen LogP contribution in [0.15, 0.2) is 24.5 Å². The van der Waals surface area contributed by atoms with E-state index in [4.69, 9.17) is 4.74 Å². The van der Waals surface area contributed by atoms with Crippen LogP contribution in [0.25, 0.3) is 0 Å². The van der Waals surface area contributed by atoms with Crippen molar-refractivity contribution in [1.29, 1.82) is 0 Å². The van der Waals surface area contributed by atoms with Crippen LogP contribution in [-0.4, -0.2) is 27.4 Å². The summed E-state index contributed by atoms with van der Waals surface area (Å²) in [4.78, 5) is 16.3. The first-order chi connectivity index (χ1) is 11.6. The molecule has 1 heterocycles. The van der Waals surface area contributed by atoms with Crippen molar-refractivity contribution in [3.05, 3.63) is 36.2 Å². The molecule has 0 saturated heterocycles. The van der Waals surface area contributed by atoms with Crippen LogP contribution >= 0.6 is 0 Å². The van der Waals surface area contributed by atoms with E-state index in [0.717, 1.165) is 0 Å². The monoisotopic (exact) mass is 335 g/mol. The number of hydrogen-bond acceptors (Lipinski definition) is 4. The van der Waals surface area contributed by atoms with Crippen molar-refractivity contribution >= 4 is 11.7 Å². The van der Waals surface area contributed by atoms with Crippen molar-refractivity contribution in [2.24, 2.45) is 0 Å². The number of benzene rings is 1. The number of rotatable bonds is 7. The van der Waals surface area contributed by atoms with E-state index in [1.165, 1.54) is 18.5 Å². The highest BCUT2D eigenvalue weighted by molar-refractivity contribution is 5.89. The lowest BCUT2D eigenvalue weighted by atomic mass is 10.2. The van der Waals surface area contributed by atoms with Crippen molar-refractivity contribution in [3.63, 3.8) is 0 Å². The Balaban J connectivity index is 2.04. The molecule has 0 aliphatic rings. The van der Waals surface area contributed by atoms with Gasteiger partial charge in [0, 0.05) is 12.6 Å². The number of amides is 2. The summed E-state index contributed by atoms with van der Waals surface area (Å²) in [5, 5.41) is 9.39. The fraction of sp³-hybridized carbons (Fsp3) is 0.438. The summed E-state index contributed by atoms with van der Waals surface area (Å²) in [7, 11) is 0. The van der Waals surface area contributed by atoms with Crippen LogP contribution in [0.4, 0.5) is 14.9 Å². The van der Waals surface area contributed by atoms with Crippen molar-refractivity contribution in [2.75, 3.05) is 11.9 Å². The van der Waals surface area contributed by atoms with Crippen LogP contribution in [-0.2, 0) is 6.54 Å². The minimum atomic E-state index is -0.555. The van der Waals surface area contributed by atoms with Gasteiger partial charge in [-0.05, 0) is 32.4 Å². The molecule has 1 aromatic heterocycles. The fourth-order valence-electron chi connectivity index (χ4n) is 2.31. The Morgan fingerprint density at radius 3 is 2.79 bits per heavy atom. The van der Waals surface area contributed by atoms with E-state index in [1.54, 1.807) is 10.7 Å². The predicted molar refractivity (Wildman–Crippen MR) is 88.5 cm³/mol. The van der Waals surface area contributed by atoms with Gasteiger partial charge in [0.25, 0.3) is 0 Å². The van der Waals surface area contributed by atoms with Crippen LogP contribution in [0, 0.1) is 5.82 Å². The largest absolute Gasteiger partial charge is 0.494 e. The molecule has 0 fully saturated rings. The minimum absolute atomic E-state index is 0.0859. The smallest absolute Gasteiger partial charge is 0.319 e. The molecule has 2 aromatic rings. The topological polar surface area (TPSA) is 81.1 Å². The van der Waals surface area contributed by atoms with E-state index >= 15 is 0 Å². The lowest BCUT2D eigenvalue weighted by molar-refractivity contribution is 0.247. The van der Waals surface area contributed by atoms with Crippen molar-refractivity contribution < 1.29 is 13.9 Å². The Morgan fingerprint density at radius 2 is 2.17 bits per heavy atom. The van der Waals surface area contributed by atoms with Crippen LogP contribution in [0.3, 0.4) is 0 Å². The summed E-state index contributed by atoms with van der Waals surface area (Å²) in [5.74, 6) is 0.534. The van der Waals surface area contributed by atoms with Gasteiger partial charge in [-0.3, -0.25) is 0 Å². The lowest BCUT2D eigenvalue weighted by Crippen LogP contribution is -2.34. The molecule has 0 bridgehead atoms. The van der Waals surface area contributed by atoms with E-state index in [9.17, 15) is 9.18 Å². The number of nitrogens with zero attached hydrogens (tertiary/aromatic N) is 3. The molecule has 0 aliphatic carbocycles. The molecule has 1 aromatic carbocycles. The standard InChI is InChI=1S/C16H22FN5O2/c1-4-13(15-18-10-19-22(15)5-2)20-16(23)21-14-8-7-11(24-6-3)9-12(14)17/h7-10,13H,4-6H2,1-3H3,(H2,20,21,23)/t13-/m1/s1. The number of halogens is 1. The second-order valence-corrected chi connectivity index (χ2v) is 5.07. The molecule has 0 aliphatic heterocycles. The maximum absolute atomic E-state index is 14.0. The van der Waals surface area contributed by atoms with Crippen LogP contribution in [0.5, 0.6) is 5.75 Å². The number of carbonyl (C=O) groups is 1. The van der Waals surface area contributed by atoms with E-state index in [2.05, 4.69) is 20.7 Å². The Hall–Kier alpha value is -2.64. The molecule has 130 valence electrons. The first kappa shape index (κ1) is 17.7. The molecule has 2 amide bonds. The van der Waals surface area contributed by atoms with Crippen LogP contribution in [0.1, 0.15) is 39.1 Å². The Morgan fingerprint density at radius 1 is 1.38 bits per heavy atom. The summed E-state index contributed by atoms with van der Waals surface area (Å²) in [6.07, 6.45) is 2.09. The third kappa shape index (κ3) is 4.21. The fourth-order valence-corrected chi connectivity index (χ4v) is 2.31. The zero-order chi connectivity index (χ0) is 17.5.